The molecule has 0 nitrogen and oxygen atoms in total. The van der Waals surface area contributed by atoms with Crippen LogP contribution in [0, 0.1) is 0 Å². The van der Waals surface area contributed by atoms with Crippen molar-refractivity contribution in [2.45, 2.75) is 17.8 Å². The molecule has 0 saturated carbocycles. The Kier molecular flexibility index (Phi) is 6.96. The highest BCUT2D eigenvalue weighted by atomic mass is 35.8. The van der Waals surface area contributed by atoms with Crippen molar-refractivity contribution in [3.05, 3.63) is 0 Å². The molecule has 86 valence electrons. The number of hydrogen-bond acceptors (Lipinski definition) is 0. The Balaban J connectivity index is 4.78. The van der Waals surface area contributed by atoms with E-state index in [1.165, 1.54) is 0 Å². The van der Waals surface area contributed by atoms with E-state index in [0.717, 1.165) is 0 Å². The van der Waals surface area contributed by atoms with Crippen molar-refractivity contribution in [1.29, 1.82) is 0 Å². The predicted molar refractivity (Wildman–Crippen MR) is 78.5 cm³/mol. The van der Waals surface area contributed by atoms with Gasteiger partial charge in [0.2, 0.25) is 0 Å². The van der Waals surface area contributed by atoms with Gasteiger partial charge in [0, 0.05) is 5.16 Å². The summed E-state index contributed by atoms with van der Waals surface area (Å²) in [4.78, 5) is 0. The van der Waals surface area contributed by atoms with Gasteiger partial charge in [0.25, 0.3) is 6.69 Å². The number of halogens is 8. The third kappa shape index (κ3) is 7.33. The standard InChI is InChI=1S/C3H6Cl8Si3/c1-12(4,5)3(14(9,10)11)2-13(6,7)8/h3H,2H2,1H3. The van der Waals surface area contributed by atoms with Crippen LogP contribution in [-0.2, 0) is 0 Å². The summed E-state index contributed by atoms with van der Waals surface area (Å²) < 4.78 is 0. The highest BCUT2D eigenvalue weighted by Gasteiger charge is 2.52. The molecule has 0 spiro atoms. The smallest absolute Gasteiger partial charge is 0.146 e. The molecule has 1 unspecified atom stereocenters. The first-order valence-corrected chi connectivity index (χ1v) is 18.3. The zero-order chi connectivity index (χ0) is 11.8. The van der Waals surface area contributed by atoms with Gasteiger partial charge in [0.15, 0.2) is 0 Å². The molecule has 0 aromatic carbocycles. The molecule has 0 saturated heterocycles. The van der Waals surface area contributed by atoms with E-state index in [2.05, 4.69) is 0 Å². The predicted octanol–water partition coefficient (Wildman–Crippen LogP) is 5.76. The molecule has 0 aliphatic carbocycles. The highest BCUT2D eigenvalue weighted by molar-refractivity contribution is 7.71. The van der Waals surface area contributed by atoms with E-state index in [-0.39, 0.29) is 6.04 Å². The number of rotatable bonds is 4. The maximum absolute atomic E-state index is 6.02. The molecule has 0 amide bonds. The molecule has 0 aromatic heterocycles. The van der Waals surface area contributed by atoms with Crippen LogP contribution in [0.2, 0.25) is 17.8 Å². The average molecular weight is 410 g/mol. The van der Waals surface area contributed by atoms with Gasteiger partial charge in [0.1, 0.15) is 0 Å². The fraction of sp³-hybridized carbons (Fsp3) is 1.00. The molecule has 0 aliphatic heterocycles. The molecule has 14 heavy (non-hydrogen) atoms. The highest BCUT2D eigenvalue weighted by Crippen LogP contribution is 2.50. The van der Waals surface area contributed by atoms with Crippen molar-refractivity contribution in [3.8, 4) is 0 Å². The van der Waals surface area contributed by atoms with Gasteiger partial charge in [-0.15, -0.1) is 88.6 Å². The first-order chi connectivity index (χ1) is 5.84. The Hall–Kier alpha value is 2.97. The van der Waals surface area contributed by atoms with Gasteiger partial charge in [0.05, 0.1) is 0 Å². The normalized spacial score (nSPS) is 16.9. The molecular formula is C3H6Cl8Si3. The SMILES string of the molecule is C[Si](Cl)(Cl)C(C[Si](Cl)(Cl)Cl)[Si](Cl)(Cl)Cl. The van der Waals surface area contributed by atoms with E-state index in [4.69, 9.17) is 88.6 Å². The van der Waals surface area contributed by atoms with Crippen molar-refractivity contribution in [2.24, 2.45) is 0 Å². The summed E-state index contributed by atoms with van der Waals surface area (Å²) in [6, 6.07) is -5.71. The van der Waals surface area contributed by atoms with E-state index < -0.39 is 23.9 Å². The average Bonchev–Trinajstić information content (AvgIpc) is 1.75. The van der Waals surface area contributed by atoms with Crippen molar-refractivity contribution >= 4 is 107 Å². The zero-order valence-corrected chi connectivity index (χ0v) is 15.9. The first kappa shape index (κ1) is 17.0. The second kappa shape index (κ2) is 5.74. The van der Waals surface area contributed by atoms with E-state index in [0.29, 0.717) is 0 Å². The maximum Gasteiger partial charge on any atom is 0.344 e. The van der Waals surface area contributed by atoms with Crippen LogP contribution in [0.5, 0.6) is 0 Å². The van der Waals surface area contributed by atoms with Gasteiger partial charge in [-0.2, -0.15) is 0 Å². The topological polar surface area (TPSA) is 0 Å². The molecular weight excluding hydrogens is 404 g/mol. The van der Waals surface area contributed by atoms with E-state index in [1.807, 2.05) is 0 Å². The first-order valence-electron chi connectivity index (χ1n) is 3.35. The summed E-state index contributed by atoms with van der Waals surface area (Å²) in [5.41, 5.74) is 0. The molecule has 0 bridgehead atoms. The van der Waals surface area contributed by atoms with Crippen LogP contribution < -0.4 is 0 Å². The van der Waals surface area contributed by atoms with E-state index in [1.54, 1.807) is 6.55 Å². The quantitative estimate of drug-likeness (QED) is 0.409. The lowest BCUT2D eigenvalue weighted by Crippen LogP contribution is -2.39. The van der Waals surface area contributed by atoms with Gasteiger partial charge in [-0.05, 0) is 12.6 Å². The van der Waals surface area contributed by atoms with Crippen LogP contribution in [0.1, 0.15) is 0 Å². The minimum absolute atomic E-state index is 0.204. The Labute approximate surface area is 124 Å². The summed E-state index contributed by atoms with van der Waals surface area (Å²) in [5, 5.41) is -0.456. The van der Waals surface area contributed by atoms with Crippen molar-refractivity contribution in [1.82, 2.24) is 0 Å². The summed E-state index contributed by atoms with van der Waals surface area (Å²) in [7, 11) is 0. The van der Waals surface area contributed by atoms with Crippen LogP contribution >= 0.6 is 88.6 Å². The van der Waals surface area contributed by atoms with Gasteiger partial charge in [-0.3, -0.25) is 0 Å². The number of hydrogen-bond donors (Lipinski definition) is 0. The lowest BCUT2D eigenvalue weighted by molar-refractivity contribution is 1.27. The zero-order valence-electron chi connectivity index (χ0n) is 6.81. The molecule has 0 rings (SSSR count). The second-order valence-electron chi connectivity index (χ2n) is 2.87. The fourth-order valence-electron chi connectivity index (χ4n) is 0.814. The molecule has 1 atom stereocenters. The van der Waals surface area contributed by atoms with Gasteiger partial charge < -0.3 is 0 Å². The summed E-state index contributed by atoms with van der Waals surface area (Å²) in [6.07, 6.45) is 0. The maximum atomic E-state index is 6.02. The molecule has 0 radical (unpaired) electrons. The van der Waals surface area contributed by atoms with Crippen molar-refractivity contribution < 1.29 is 0 Å². The third-order valence-corrected chi connectivity index (χ3v) is 16.7. The molecule has 0 aliphatic rings. The van der Waals surface area contributed by atoms with Crippen molar-refractivity contribution in [3.63, 3.8) is 0 Å². The summed E-state index contributed by atoms with van der Waals surface area (Å²) in [6.45, 7) is -0.973. The third-order valence-electron chi connectivity index (χ3n) is 1.44. The Bertz CT molecular complexity index is 173. The van der Waals surface area contributed by atoms with Crippen LogP contribution in [0.4, 0.5) is 0 Å². The molecule has 0 aromatic rings. The minimum Gasteiger partial charge on any atom is -0.146 e. The molecule has 0 N–H and O–H groups in total. The lowest BCUT2D eigenvalue weighted by atomic mass is 10.9. The summed E-state index contributed by atoms with van der Waals surface area (Å²) in [5.74, 6) is 0. The summed E-state index contributed by atoms with van der Waals surface area (Å²) >= 11 is 46.9. The fourth-order valence-corrected chi connectivity index (χ4v) is 26.8. The Morgan fingerprint density at radius 2 is 1.21 bits per heavy atom. The lowest BCUT2D eigenvalue weighted by Gasteiger charge is -2.30. The van der Waals surface area contributed by atoms with Gasteiger partial charge in [-0.1, -0.05) is 0 Å². The Morgan fingerprint density at radius 3 is 1.29 bits per heavy atom. The van der Waals surface area contributed by atoms with Gasteiger partial charge >= 0.3 is 12.0 Å². The second-order valence-corrected chi connectivity index (χ2v) is 29.4. The van der Waals surface area contributed by atoms with E-state index in [9.17, 15) is 0 Å². The Morgan fingerprint density at radius 1 is 0.857 bits per heavy atom. The molecule has 11 heteroatoms. The van der Waals surface area contributed by atoms with Crippen LogP contribution in [-0.4, -0.2) is 18.7 Å². The van der Waals surface area contributed by atoms with Crippen LogP contribution in [0.3, 0.4) is 0 Å². The molecule has 0 fully saturated rings. The van der Waals surface area contributed by atoms with Crippen LogP contribution in [0.25, 0.3) is 0 Å². The van der Waals surface area contributed by atoms with Crippen molar-refractivity contribution in [2.75, 3.05) is 0 Å². The molecule has 0 heterocycles. The monoisotopic (exact) mass is 406 g/mol. The van der Waals surface area contributed by atoms with Gasteiger partial charge in [-0.25, -0.2) is 0 Å². The van der Waals surface area contributed by atoms with Crippen LogP contribution in [0.15, 0.2) is 0 Å². The largest absolute Gasteiger partial charge is 0.344 e. The van der Waals surface area contributed by atoms with E-state index >= 15 is 0 Å². The minimum atomic E-state index is -3.04.